The molecule has 0 saturated carbocycles. The van der Waals surface area contributed by atoms with Crippen LogP contribution >= 0.6 is 0 Å². The Hall–Kier alpha value is -1.34. The molecule has 0 atom stereocenters. The van der Waals surface area contributed by atoms with Gasteiger partial charge in [0.15, 0.2) is 0 Å². The number of anilines is 2. The molecule has 14 heavy (non-hydrogen) atoms. The number of hydrogen-bond acceptors (Lipinski definition) is 4. The Bertz CT molecular complexity index is 415. The number of aromatic nitrogens is 1. The van der Waals surface area contributed by atoms with Crippen LogP contribution in [0.25, 0.3) is 0 Å². The molecule has 1 rings (SSSR count). The summed E-state index contributed by atoms with van der Waals surface area (Å²) in [6, 6.07) is 1.69. The fraction of sp³-hybridized carbons (Fsp3) is 0.286. The van der Waals surface area contributed by atoms with Gasteiger partial charge < -0.3 is 4.90 Å². The lowest BCUT2D eigenvalue weighted by Crippen LogP contribution is -2.23. The topological polar surface area (TPSA) is 88.3 Å². The minimum absolute atomic E-state index is 0.361. The average molecular weight is 216 g/mol. The van der Waals surface area contributed by atoms with E-state index in [1.807, 2.05) is 0 Å². The standard InChI is InChI=1S/C7H12N4O2S/c1-11(2)7-3-4-9-5-6(7)10-14(8,12)13/h3-5,10H,1-2H3,(H2,8,12,13). The van der Waals surface area contributed by atoms with E-state index < -0.39 is 10.2 Å². The van der Waals surface area contributed by atoms with Crippen molar-refractivity contribution in [2.75, 3.05) is 23.7 Å². The summed E-state index contributed by atoms with van der Waals surface area (Å²) in [7, 11) is -0.159. The zero-order chi connectivity index (χ0) is 10.8. The summed E-state index contributed by atoms with van der Waals surface area (Å²) < 4.78 is 23.8. The summed E-state index contributed by atoms with van der Waals surface area (Å²) in [5.74, 6) is 0. The van der Waals surface area contributed by atoms with Gasteiger partial charge >= 0.3 is 0 Å². The molecule has 7 heteroatoms. The van der Waals surface area contributed by atoms with Crippen molar-refractivity contribution in [3.05, 3.63) is 18.5 Å². The monoisotopic (exact) mass is 216 g/mol. The molecule has 1 heterocycles. The van der Waals surface area contributed by atoms with Crippen LogP contribution in [0.2, 0.25) is 0 Å². The first kappa shape index (κ1) is 10.7. The number of nitrogens with two attached hydrogens (primary N) is 1. The number of pyridine rings is 1. The van der Waals surface area contributed by atoms with Gasteiger partial charge in [-0.25, -0.2) is 5.14 Å². The third kappa shape index (κ3) is 2.86. The van der Waals surface area contributed by atoms with Crippen molar-refractivity contribution >= 4 is 21.6 Å². The maximum absolute atomic E-state index is 10.8. The third-order valence-electron chi connectivity index (χ3n) is 1.53. The molecule has 0 aliphatic carbocycles. The molecule has 0 aliphatic heterocycles. The first-order valence-electron chi connectivity index (χ1n) is 3.82. The van der Waals surface area contributed by atoms with Gasteiger partial charge in [-0.3, -0.25) is 9.71 Å². The van der Waals surface area contributed by atoms with Gasteiger partial charge in [0, 0.05) is 20.3 Å². The second-order valence-corrected chi connectivity index (χ2v) is 4.23. The van der Waals surface area contributed by atoms with E-state index in [1.54, 1.807) is 31.3 Å². The number of nitrogens with zero attached hydrogens (tertiary/aromatic N) is 2. The molecular weight excluding hydrogens is 204 g/mol. The molecule has 1 aromatic rings. The fourth-order valence-electron chi connectivity index (χ4n) is 1.01. The Labute approximate surface area is 82.9 Å². The van der Waals surface area contributed by atoms with Crippen molar-refractivity contribution in [2.24, 2.45) is 5.14 Å². The molecule has 0 unspecified atom stereocenters. The van der Waals surface area contributed by atoms with Gasteiger partial charge in [-0.15, -0.1) is 0 Å². The largest absolute Gasteiger partial charge is 0.376 e. The van der Waals surface area contributed by atoms with Gasteiger partial charge in [-0.1, -0.05) is 0 Å². The highest BCUT2D eigenvalue weighted by Crippen LogP contribution is 2.22. The minimum Gasteiger partial charge on any atom is -0.376 e. The summed E-state index contributed by atoms with van der Waals surface area (Å²) in [6.45, 7) is 0. The second kappa shape index (κ2) is 3.81. The van der Waals surface area contributed by atoms with Gasteiger partial charge in [0.2, 0.25) is 0 Å². The van der Waals surface area contributed by atoms with Crippen molar-refractivity contribution in [3.8, 4) is 0 Å². The molecular formula is C7H12N4O2S. The van der Waals surface area contributed by atoms with E-state index in [9.17, 15) is 8.42 Å². The zero-order valence-corrected chi connectivity index (χ0v) is 8.75. The van der Waals surface area contributed by atoms with Crippen LogP contribution in [-0.4, -0.2) is 27.5 Å². The minimum atomic E-state index is -3.75. The van der Waals surface area contributed by atoms with Crippen LogP contribution in [0.3, 0.4) is 0 Å². The van der Waals surface area contributed by atoms with E-state index in [0.29, 0.717) is 11.4 Å². The Morgan fingerprint density at radius 1 is 1.50 bits per heavy atom. The van der Waals surface area contributed by atoms with Crippen LogP contribution in [0.1, 0.15) is 0 Å². The van der Waals surface area contributed by atoms with Gasteiger partial charge in [0.1, 0.15) is 0 Å². The number of hydrogen-bond donors (Lipinski definition) is 2. The lowest BCUT2D eigenvalue weighted by Gasteiger charge is -2.16. The van der Waals surface area contributed by atoms with Gasteiger partial charge in [0.05, 0.1) is 17.6 Å². The number of nitrogens with one attached hydrogen (secondary N) is 1. The van der Waals surface area contributed by atoms with Gasteiger partial charge in [-0.2, -0.15) is 8.42 Å². The molecule has 6 nitrogen and oxygen atoms in total. The molecule has 78 valence electrons. The van der Waals surface area contributed by atoms with Crippen molar-refractivity contribution in [3.63, 3.8) is 0 Å². The Balaban J connectivity index is 3.08. The SMILES string of the molecule is CN(C)c1ccncc1NS(N)(=O)=O. The van der Waals surface area contributed by atoms with E-state index in [0.717, 1.165) is 0 Å². The molecule has 0 aliphatic rings. The quantitative estimate of drug-likeness (QED) is 0.730. The molecule has 0 spiro atoms. The fourth-order valence-corrected chi connectivity index (χ4v) is 1.47. The average Bonchev–Trinajstić information content (AvgIpc) is 2.01. The predicted molar refractivity (Wildman–Crippen MR) is 55.3 cm³/mol. The first-order valence-corrected chi connectivity index (χ1v) is 5.36. The van der Waals surface area contributed by atoms with Crippen LogP contribution in [0, 0.1) is 0 Å². The van der Waals surface area contributed by atoms with Crippen molar-refractivity contribution in [1.82, 2.24) is 4.98 Å². The Morgan fingerprint density at radius 2 is 2.14 bits per heavy atom. The van der Waals surface area contributed by atoms with Gasteiger partial charge in [-0.05, 0) is 6.07 Å². The number of rotatable bonds is 3. The highest BCUT2D eigenvalue weighted by atomic mass is 32.2. The van der Waals surface area contributed by atoms with Crippen LogP contribution in [0.15, 0.2) is 18.5 Å². The van der Waals surface area contributed by atoms with Crippen LogP contribution in [0.5, 0.6) is 0 Å². The molecule has 0 radical (unpaired) electrons. The molecule has 0 aromatic carbocycles. The third-order valence-corrected chi connectivity index (χ3v) is 2.04. The van der Waals surface area contributed by atoms with Crippen molar-refractivity contribution in [1.29, 1.82) is 0 Å². The van der Waals surface area contributed by atoms with Crippen LogP contribution in [0.4, 0.5) is 11.4 Å². The van der Waals surface area contributed by atoms with Crippen LogP contribution < -0.4 is 14.8 Å². The van der Waals surface area contributed by atoms with Crippen molar-refractivity contribution < 1.29 is 8.42 Å². The Kier molecular flexibility index (Phi) is 2.92. The second-order valence-electron chi connectivity index (χ2n) is 2.93. The normalized spacial score (nSPS) is 11.1. The lowest BCUT2D eigenvalue weighted by atomic mass is 10.3. The smallest absolute Gasteiger partial charge is 0.296 e. The van der Waals surface area contributed by atoms with Crippen molar-refractivity contribution in [2.45, 2.75) is 0 Å². The van der Waals surface area contributed by atoms with Crippen LogP contribution in [-0.2, 0) is 10.2 Å². The van der Waals surface area contributed by atoms with E-state index in [4.69, 9.17) is 5.14 Å². The first-order chi connectivity index (χ1) is 6.40. The summed E-state index contributed by atoms with van der Waals surface area (Å²) >= 11 is 0. The maximum atomic E-state index is 10.8. The lowest BCUT2D eigenvalue weighted by molar-refractivity contribution is 0.603. The van der Waals surface area contributed by atoms with E-state index >= 15 is 0 Å². The molecule has 0 amide bonds. The highest BCUT2D eigenvalue weighted by molar-refractivity contribution is 7.90. The van der Waals surface area contributed by atoms with E-state index in [2.05, 4.69) is 9.71 Å². The predicted octanol–water partition coefficient (Wildman–Crippen LogP) is -0.237. The molecule has 3 N–H and O–H groups in total. The highest BCUT2D eigenvalue weighted by Gasteiger charge is 2.08. The van der Waals surface area contributed by atoms with Gasteiger partial charge in [0.25, 0.3) is 10.2 Å². The van der Waals surface area contributed by atoms with E-state index in [-0.39, 0.29) is 0 Å². The summed E-state index contributed by atoms with van der Waals surface area (Å²) in [5.41, 5.74) is 1.06. The molecule has 1 aromatic heterocycles. The molecule has 0 fully saturated rings. The van der Waals surface area contributed by atoms with E-state index in [1.165, 1.54) is 6.20 Å². The molecule has 0 saturated heterocycles. The Morgan fingerprint density at radius 3 is 2.64 bits per heavy atom. The maximum Gasteiger partial charge on any atom is 0.296 e. The zero-order valence-electron chi connectivity index (χ0n) is 7.93. The summed E-state index contributed by atoms with van der Waals surface area (Å²) in [4.78, 5) is 5.56. The summed E-state index contributed by atoms with van der Waals surface area (Å²) in [5, 5.41) is 4.85. The summed E-state index contributed by atoms with van der Waals surface area (Å²) in [6.07, 6.45) is 2.98. The molecule has 0 bridgehead atoms.